The quantitative estimate of drug-likeness (QED) is 0.206. The molecule has 9 atom stereocenters. The van der Waals surface area contributed by atoms with Gasteiger partial charge >= 0.3 is 0 Å². The van der Waals surface area contributed by atoms with Crippen molar-refractivity contribution in [1.29, 1.82) is 0 Å². The Labute approximate surface area is 417 Å². The summed E-state index contributed by atoms with van der Waals surface area (Å²) in [6.07, 6.45) is 17.9. The average Bonchev–Trinajstić information content (AvgIpc) is 4.24. The van der Waals surface area contributed by atoms with Gasteiger partial charge in [-0.3, -0.25) is 43.2 Å². The lowest BCUT2D eigenvalue weighted by Crippen LogP contribution is -2.59. The first-order chi connectivity index (χ1) is 34.4. The van der Waals surface area contributed by atoms with Crippen molar-refractivity contribution < 1.29 is 47.9 Å². The Bertz CT molecular complexity index is 2160. The van der Waals surface area contributed by atoms with Gasteiger partial charge in [-0.25, -0.2) is 0 Å². The van der Waals surface area contributed by atoms with E-state index in [-0.39, 0.29) is 85.2 Å². The molecule has 8 saturated heterocycles. The van der Waals surface area contributed by atoms with E-state index in [1.165, 1.54) is 0 Å². The van der Waals surface area contributed by atoms with Crippen molar-refractivity contribution in [2.45, 2.75) is 176 Å². The zero-order valence-electron chi connectivity index (χ0n) is 41.3. The molecule has 19 heteroatoms. The highest BCUT2D eigenvalue weighted by Crippen LogP contribution is 2.36. The van der Waals surface area contributed by atoms with Gasteiger partial charge in [0, 0.05) is 64.7 Å². The SMILES string of the molecule is C#CCNC(=O)[C@@H]1CCCN1C(=O)[C@@H]1CCCN1C(=O)[C@@H]1CCCN1C(=O)[C@@H]1CCCN1C(=O)[C@@H]1CCCN1C(=O)[C@@H]1C[C@@H](OCC=C)CN1C(=O)[C@@H]1CCCN1C(=O)[C@@H]1CCCN1C(=O)C1CCCC1. The second kappa shape index (κ2) is 22.1. The van der Waals surface area contributed by atoms with Crippen molar-refractivity contribution >= 4 is 53.2 Å². The van der Waals surface area contributed by atoms with Crippen LogP contribution in [0.4, 0.5) is 0 Å². The molecule has 9 fully saturated rings. The summed E-state index contributed by atoms with van der Waals surface area (Å²) in [6, 6.07) is -6.21. The molecular formula is C52H73N9O10. The van der Waals surface area contributed by atoms with Gasteiger partial charge in [-0.15, -0.1) is 13.0 Å². The van der Waals surface area contributed by atoms with E-state index in [4.69, 9.17) is 11.2 Å². The molecule has 0 aromatic rings. The van der Waals surface area contributed by atoms with Gasteiger partial charge in [-0.05, 0) is 103 Å². The van der Waals surface area contributed by atoms with Crippen molar-refractivity contribution in [1.82, 2.24) is 44.5 Å². The molecule has 19 nitrogen and oxygen atoms in total. The standard InChI is InChI=1S/C52H73N9O10/c1-3-23-53-44(62)36-16-7-24-54(36)46(64)38-18-9-26-56(38)48(66)39-19-10-27-57(39)49(67)40-20-11-28-58(40)50(68)41-21-12-30-60(41)52(70)43-32-35(71-31-4-2)33-61(43)51(69)42-22-13-29-59(42)47(65)37-17-8-25-55(37)45(63)34-14-5-6-15-34/h1,4,34-43H,2,5-33H2,(H,53,62)/t35-,36+,37+,38+,39+,40+,41+,42+,43+/m1/s1. The highest BCUT2D eigenvalue weighted by Gasteiger charge is 2.53. The Kier molecular flexibility index (Phi) is 15.7. The molecule has 0 aromatic heterocycles. The smallest absolute Gasteiger partial charge is 0.246 e. The number of hydrogen-bond acceptors (Lipinski definition) is 10. The molecule has 9 rings (SSSR count). The Morgan fingerprint density at radius 1 is 0.451 bits per heavy atom. The lowest BCUT2D eigenvalue weighted by atomic mass is 10.1. The molecule has 71 heavy (non-hydrogen) atoms. The average molecular weight is 984 g/mol. The van der Waals surface area contributed by atoms with Crippen molar-refractivity contribution in [3.05, 3.63) is 12.7 Å². The van der Waals surface area contributed by atoms with Gasteiger partial charge in [0.15, 0.2) is 0 Å². The first-order valence-electron chi connectivity index (χ1n) is 26.8. The van der Waals surface area contributed by atoms with Gasteiger partial charge in [0.05, 0.1) is 19.3 Å². The van der Waals surface area contributed by atoms with Crippen LogP contribution in [-0.2, 0) is 47.9 Å². The van der Waals surface area contributed by atoms with Crippen LogP contribution in [0.2, 0.25) is 0 Å². The van der Waals surface area contributed by atoms with E-state index in [1.807, 2.05) is 0 Å². The zero-order valence-corrected chi connectivity index (χ0v) is 41.3. The van der Waals surface area contributed by atoms with Crippen LogP contribution in [-0.4, -0.2) is 212 Å². The molecule has 0 spiro atoms. The maximum absolute atomic E-state index is 14.9. The van der Waals surface area contributed by atoms with Crippen LogP contribution in [0.1, 0.15) is 122 Å². The van der Waals surface area contributed by atoms with E-state index in [1.54, 1.807) is 45.3 Å². The third kappa shape index (κ3) is 9.90. The number of nitrogens with zero attached hydrogens (tertiary/aromatic N) is 8. The number of likely N-dealkylation sites (tertiary alicyclic amines) is 8. The van der Waals surface area contributed by atoms with Crippen molar-refractivity contribution in [3.63, 3.8) is 0 Å². The third-order valence-corrected chi connectivity index (χ3v) is 17.1. The summed E-state index contributed by atoms with van der Waals surface area (Å²) in [5.74, 6) is -0.0493. The second-order valence-corrected chi connectivity index (χ2v) is 21.2. The summed E-state index contributed by atoms with van der Waals surface area (Å²) in [5.41, 5.74) is 0. The van der Waals surface area contributed by atoms with Gasteiger partial charge in [-0.2, -0.15) is 0 Å². The monoisotopic (exact) mass is 984 g/mol. The van der Waals surface area contributed by atoms with Gasteiger partial charge in [0.25, 0.3) is 0 Å². The molecule has 1 saturated carbocycles. The van der Waals surface area contributed by atoms with Gasteiger partial charge < -0.3 is 49.3 Å². The molecule has 9 aliphatic rings. The maximum Gasteiger partial charge on any atom is 0.246 e. The number of rotatable bonds is 13. The van der Waals surface area contributed by atoms with Crippen LogP contribution in [0.15, 0.2) is 12.7 Å². The number of carbonyl (C=O) groups excluding carboxylic acids is 9. The van der Waals surface area contributed by atoms with Crippen molar-refractivity contribution in [2.75, 3.05) is 65.5 Å². The molecule has 0 bridgehead atoms. The zero-order chi connectivity index (χ0) is 49.9. The van der Waals surface area contributed by atoms with Crippen molar-refractivity contribution in [3.8, 4) is 12.3 Å². The first kappa shape index (κ1) is 50.4. The fourth-order valence-corrected chi connectivity index (χ4v) is 13.6. The van der Waals surface area contributed by atoms with Crippen LogP contribution >= 0.6 is 0 Å². The molecule has 1 aliphatic carbocycles. The summed E-state index contributed by atoms with van der Waals surface area (Å²) in [5, 5.41) is 2.69. The molecule has 1 N–H and O–H groups in total. The molecule has 0 unspecified atom stereocenters. The van der Waals surface area contributed by atoms with Crippen LogP contribution in [0.5, 0.6) is 0 Å². The summed E-state index contributed by atoms with van der Waals surface area (Å²) in [7, 11) is 0. The van der Waals surface area contributed by atoms with E-state index in [0.717, 1.165) is 32.1 Å². The molecule has 0 aromatic carbocycles. The van der Waals surface area contributed by atoms with E-state index in [9.17, 15) is 43.2 Å². The lowest BCUT2D eigenvalue weighted by molar-refractivity contribution is -0.155. The minimum Gasteiger partial charge on any atom is -0.372 e. The minimum absolute atomic E-state index is 0.0432. The van der Waals surface area contributed by atoms with Gasteiger partial charge in [-0.1, -0.05) is 24.8 Å². The van der Waals surface area contributed by atoms with Crippen LogP contribution in [0.25, 0.3) is 0 Å². The summed E-state index contributed by atoms with van der Waals surface area (Å²) in [4.78, 5) is 141. The Balaban J connectivity index is 0.860. The fraction of sp³-hybridized carbons (Fsp3) is 0.750. The molecule has 8 heterocycles. The second-order valence-electron chi connectivity index (χ2n) is 21.2. The van der Waals surface area contributed by atoms with Gasteiger partial charge in [0.1, 0.15) is 48.3 Å². The summed E-state index contributed by atoms with van der Waals surface area (Å²) >= 11 is 0. The molecule has 386 valence electrons. The van der Waals surface area contributed by atoms with Crippen LogP contribution < -0.4 is 5.32 Å². The highest BCUT2D eigenvalue weighted by atomic mass is 16.5. The molecule has 9 amide bonds. The normalized spacial score (nSPS) is 31.0. The number of terminal acetylenes is 1. The Morgan fingerprint density at radius 3 is 1.14 bits per heavy atom. The third-order valence-electron chi connectivity index (χ3n) is 17.1. The van der Waals surface area contributed by atoms with Crippen LogP contribution in [0, 0.1) is 18.3 Å². The van der Waals surface area contributed by atoms with E-state index in [0.29, 0.717) is 129 Å². The number of hydrogen-bond donors (Lipinski definition) is 1. The largest absolute Gasteiger partial charge is 0.372 e. The van der Waals surface area contributed by atoms with E-state index < -0.39 is 54.4 Å². The molecular weight excluding hydrogens is 911 g/mol. The van der Waals surface area contributed by atoms with E-state index in [2.05, 4.69) is 17.8 Å². The Hall–Kier alpha value is -5.51. The first-order valence-corrected chi connectivity index (χ1v) is 26.8. The number of ether oxygens (including phenoxy) is 1. The van der Waals surface area contributed by atoms with Gasteiger partial charge in [0.2, 0.25) is 53.2 Å². The van der Waals surface area contributed by atoms with Crippen LogP contribution in [0.3, 0.4) is 0 Å². The highest BCUT2D eigenvalue weighted by molar-refractivity contribution is 5.99. The number of carbonyl (C=O) groups is 9. The predicted molar refractivity (Wildman–Crippen MR) is 257 cm³/mol. The molecule has 8 aliphatic heterocycles. The summed E-state index contributed by atoms with van der Waals surface area (Å²) in [6.45, 7) is 6.82. The topological polar surface area (TPSA) is 201 Å². The molecule has 0 radical (unpaired) electrons. The predicted octanol–water partition coefficient (Wildman–Crippen LogP) is 1.04. The lowest BCUT2D eigenvalue weighted by Gasteiger charge is -2.37. The van der Waals surface area contributed by atoms with Crippen molar-refractivity contribution in [2.24, 2.45) is 5.92 Å². The maximum atomic E-state index is 14.9. The fourth-order valence-electron chi connectivity index (χ4n) is 13.6. The minimum atomic E-state index is -0.939. The Morgan fingerprint density at radius 2 is 0.775 bits per heavy atom. The number of amides is 9. The number of nitrogens with one attached hydrogen (secondary N) is 1. The summed E-state index contributed by atoms with van der Waals surface area (Å²) < 4.78 is 6.06. The van der Waals surface area contributed by atoms with E-state index >= 15 is 0 Å².